The third-order valence-corrected chi connectivity index (χ3v) is 8.20. The molecule has 2 aromatic carbocycles. The van der Waals surface area contributed by atoms with Crippen molar-refractivity contribution in [2.45, 2.75) is 37.0 Å². The van der Waals surface area contributed by atoms with Crippen molar-refractivity contribution >= 4 is 21.8 Å². The van der Waals surface area contributed by atoms with Crippen LogP contribution in [0.2, 0.25) is 0 Å². The highest BCUT2D eigenvalue weighted by atomic mass is 32.2. The van der Waals surface area contributed by atoms with Gasteiger partial charge >= 0.3 is 0 Å². The molecule has 2 N–H and O–H groups in total. The molecule has 0 unspecified atom stereocenters. The number of fused-ring (bicyclic) bond motifs is 1. The summed E-state index contributed by atoms with van der Waals surface area (Å²) in [6.45, 7) is 0.924. The monoisotopic (exact) mass is 497 g/mol. The summed E-state index contributed by atoms with van der Waals surface area (Å²) >= 11 is 0. The number of aromatic nitrogens is 2. The van der Waals surface area contributed by atoms with Gasteiger partial charge < -0.3 is 0 Å². The first-order valence-electron chi connectivity index (χ1n) is 11.4. The van der Waals surface area contributed by atoms with Gasteiger partial charge in [-0.3, -0.25) is 20.4 Å². The molecule has 2 heterocycles. The topological polar surface area (TPSA) is 113 Å². The molecular formula is C24H24FN5O4S. The number of amides is 2. The van der Waals surface area contributed by atoms with Crippen LogP contribution in [-0.4, -0.2) is 47.4 Å². The zero-order valence-electron chi connectivity index (χ0n) is 18.8. The second-order valence-electron chi connectivity index (χ2n) is 8.56. The minimum absolute atomic E-state index is 0.0363. The molecule has 182 valence electrons. The van der Waals surface area contributed by atoms with Gasteiger partial charge in [-0.2, -0.15) is 9.40 Å². The third kappa shape index (κ3) is 4.44. The SMILES string of the molecule is O=C(NNC(=O)c1nn(-c2ccc(F)cc2)c2c1CCC2)c1cccc(S(=O)(=O)N2CCCC2)c1. The summed E-state index contributed by atoms with van der Waals surface area (Å²) in [5.74, 6) is -1.60. The summed E-state index contributed by atoms with van der Waals surface area (Å²) < 4.78 is 42.0. The zero-order valence-corrected chi connectivity index (χ0v) is 19.6. The summed E-state index contributed by atoms with van der Waals surface area (Å²) in [4.78, 5) is 25.6. The molecule has 0 bridgehead atoms. The number of rotatable bonds is 5. The van der Waals surface area contributed by atoms with E-state index in [1.165, 1.54) is 40.7 Å². The summed E-state index contributed by atoms with van der Waals surface area (Å²) in [6.07, 6.45) is 3.89. The van der Waals surface area contributed by atoms with E-state index in [4.69, 9.17) is 0 Å². The average molecular weight is 498 g/mol. The van der Waals surface area contributed by atoms with Gasteiger partial charge in [0.2, 0.25) is 10.0 Å². The largest absolute Gasteiger partial charge is 0.290 e. The molecule has 11 heteroatoms. The summed E-state index contributed by atoms with van der Waals surface area (Å²) in [7, 11) is -3.67. The Kier molecular flexibility index (Phi) is 6.12. The van der Waals surface area contributed by atoms with Crippen LogP contribution in [-0.2, 0) is 22.9 Å². The van der Waals surface area contributed by atoms with Crippen molar-refractivity contribution in [2.24, 2.45) is 0 Å². The standard InChI is InChI=1S/C24H24FN5O4S/c25-17-9-11-18(12-10-17)30-21-8-4-7-20(21)22(28-30)24(32)27-26-23(31)16-5-3-6-19(15-16)35(33,34)29-13-1-2-14-29/h3,5-6,9-12,15H,1-2,4,7-8,13-14H2,(H,26,31)(H,27,32). The van der Waals surface area contributed by atoms with Crippen molar-refractivity contribution in [3.63, 3.8) is 0 Å². The van der Waals surface area contributed by atoms with E-state index < -0.39 is 21.8 Å². The Morgan fingerprint density at radius 2 is 1.63 bits per heavy atom. The fraction of sp³-hybridized carbons (Fsp3) is 0.292. The fourth-order valence-electron chi connectivity index (χ4n) is 4.54. The van der Waals surface area contributed by atoms with Crippen molar-refractivity contribution in [1.29, 1.82) is 0 Å². The van der Waals surface area contributed by atoms with Crippen molar-refractivity contribution in [3.8, 4) is 5.69 Å². The highest BCUT2D eigenvalue weighted by molar-refractivity contribution is 7.89. The number of benzene rings is 2. The lowest BCUT2D eigenvalue weighted by Gasteiger charge is -2.16. The minimum atomic E-state index is -3.67. The smallest absolute Gasteiger partial charge is 0.267 e. The molecule has 1 aromatic heterocycles. The van der Waals surface area contributed by atoms with E-state index in [1.807, 2.05) is 0 Å². The van der Waals surface area contributed by atoms with Crippen LogP contribution >= 0.6 is 0 Å². The van der Waals surface area contributed by atoms with Crippen LogP contribution in [0.1, 0.15) is 51.4 Å². The average Bonchev–Trinajstić information content (AvgIpc) is 3.62. The molecule has 0 atom stereocenters. The molecule has 0 spiro atoms. The van der Waals surface area contributed by atoms with Gasteiger partial charge in [0.05, 0.1) is 10.6 Å². The summed E-state index contributed by atoms with van der Waals surface area (Å²) in [6, 6.07) is 11.6. The fourth-order valence-corrected chi connectivity index (χ4v) is 6.10. The maximum absolute atomic E-state index is 13.3. The van der Waals surface area contributed by atoms with Gasteiger partial charge in [0.1, 0.15) is 5.82 Å². The number of carbonyl (C=O) groups excluding carboxylic acids is 2. The van der Waals surface area contributed by atoms with E-state index >= 15 is 0 Å². The van der Waals surface area contributed by atoms with E-state index in [2.05, 4.69) is 16.0 Å². The number of nitrogens with zero attached hydrogens (tertiary/aromatic N) is 3. The number of hydrogen-bond acceptors (Lipinski definition) is 5. The molecule has 2 amide bonds. The van der Waals surface area contributed by atoms with E-state index in [-0.39, 0.29) is 22.0 Å². The van der Waals surface area contributed by atoms with Crippen LogP contribution in [0.5, 0.6) is 0 Å². The Morgan fingerprint density at radius 3 is 2.37 bits per heavy atom. The number of hydrogen-bond donors (Lipinski definition) is 2. The second kappa shape index (κ2) is 9.23. The maximum atomic E-state index is 13.3. The Bertz CT molecular complexity index is 1400. The van der Waals surface area contributed by atoms with Gasteiger partial charge in [0.15, 0.2) is 5.69 Å². The van der Waals surface area contributed by atoms with E-state index in [1.54, 1.807) is 16.8 Å². The molecule has 1 fully saturated rings. The van der Waals surface area contributed by atoms with Crippen LogP contribution in [0.4, 0.5) is 4.39 Å². The first kappa shape index (κ1) is 23.2. The minimum Gasteiger partial charge on any atom is -0.267 e. The van der Waals surface area contributed by atoms with Gasteiger partial charge in [-0.15, -0.1) is 0 Å². The van der Waals surface area contributed by atoms with Gasteiger partial charge in [-0.1, -0.05) is 6.07 Å². The summed E-state index contributed by atoms with van der Waals surface area (Å²) in [5.41, 5.74) is 7.34. The predicted octanol–water partition coefficient (Wildman–Crippen LogP) is 2.36. The molecule has 9 nitrogen and oxygen atoms in total. The normalized spacial score (nSPS) is 15.7. The number of sulfonamides is 1. The molecule has 1 aliphatic heterocycles. The number of hydrazine groups is 1. The van der Waals surface area contributed by atoms with Crippen molar-refractivity contribution in [2.75, 3.05) is 13.1 Å². The Labute approximate surface area is 202 Å². The number of nitrogens with one attached hydrogen (secondary N) is 2. The molecule has 3 aromatic rings. The van der Waals surface area contributed by atoms with Crippen LogP contribution in [0, 0.1) is 5.82 Å². The van der Waals surface area contributed by atoms with Gasteiger partial charge in [-0.25, -0.2) is 17.5 Å². The molecule has 5 rings (SSSR count). The van der Waals surface area contributed by atoms with Gasteiger partial charge in [-0.05, 0) is 74.6 Å². The molecule has 1 saturated heterocycles. The summed E-state index contributed by atoms with van der Waals surface area (Å²) in [5, 5.41) is 4.42. The lowest BCUT2D eigenvalue weighted by molar-refractivity contribution is 0.0843. The van der Waals surface area contributed by atoms with Crippen LogP contribution in [0.25, 0.3) is 5.69 Å². The molecule has 0 saturated carbocycles. The van der Waals surface area contributed by atoms with Gasteiger partial charge in [0.25, 0.3) is 11.8 Å². The van der Waals surface area contributed by atoms with Crippen LogP contribution in [0.15, 0.2) is 53.4 Å². The van der Waals surface area contributed by atoms with Crippen LogP contribution in [0.3, 0.4) is 0 Å². The van der Waals surface area contributed by atoms with E-state index in [9.17, 15) is 22.4 Å². The molecule has 1 aliphatic carbocycles. The molecule has 35 heavy (non-hydrogen) atoms. The van der Waals surface area contributed by atoms with Gasteiger partial charge in [0, 0.05) is 29.9 Å². The quantitative estimate of drug-likeness (QED) is 0.526. The number of carbonyl (C=O) groups is 2. The van der Waals surface area contributed by atoms with E-state index in [0.717, 1.165) is 36.9 Å². The Balaban J connectivity index is 1.31. The molecule has 0 radical (unpaired) electrons. The van der Waals surface area contributed by atoms with Crippen molar-refractivity contribution < 1.29 is 22.4 Å². The Hall–Kier alpha value is -3.57. The Morgan fingerprint density at radius 1 is 0.914 bits per heavy atom. The first-order chi connectivity index (χ1) is 16.8. The third-order valence-electron chi connectivity index (χ3n) is 6.31. The van der Waals surface area contributed by atoms with E-state index in [0.29, 0.717) is 25.2 Å². The highest BCUT2D eigenvalue weighted by Crippen LogP contribution is 2.28. The lowest BCUT2D eigenvalue weighted by Crippen LogP contribution is -2.42. The predicted molar refractivity (Wildman–Crippen MR) is 125 cm³/mol. The van der Waals surface area contributed by atoms with Crippen LogP contribution < -0.4 is 10.9 Å². The van der Waals surface area contributed by atoms with Crippen molar-refractivity contribution in [1.82, 2.24) is 24.9 Å². The van der Waals surface area contributed by atoms with Crippen molar-refractivity contribution in [3.05, 3.63) is 76.9 Å². The second-order valence-corrected chi connectivity index (χ2v) is 10.5. The first-order valence-corrected chi connectivity index (χ1v) is 12.9. The zero-order chi connectivity index (χ0) is 24.6. The molecule has 2 aliphatic rings. The lowest BCUT2D eigenvalue weighted by atomic mass is 10.2. The maximum Gasteiger partial charge on any atom is 0.290 e. The number of halogens is 1. The molecular weight excluding hydrogens is 473 g/mol. The highest BCUT2D eigenvalue weighted by Gasteiger charge is 2.29.